The number of carboxylic acid groups (broad SMARTS) is 1. The highest BCUT2D eigenvalue weighted by molar-refractivity contribution is 6.74. The third-order valence-corrected chi connectivity index (χ3v) is 8.42. The number of carbonyl (C=O) groups is 2. The number of amides is 1. The third-order valence-electron chi connectivity index (χ3n) is 3.84. The molecule has 2 N–H and O–H groups in total. The van der Waals surface area contributed by atoms with E-state index < -0.39 is 26.4 Å². The van der Waals surface area contributed by atoms with E-state index in [9.17, 15) is 14.7 Å². The lowest BCUT2D eigenvalue weighted by Crippen LogP contribution is -2.54. The van der Waals surface area contributed by atoms with E-state index in [2.05, 4.69) is 39.2 Å². The lowest BCUT2D eigenvalue weighted by atomic mass is 10.1. The van der Waals surface area contributed by atoms with Crippen molar-refractivity contribution in [3.05, 3.63) is 0 Å². The van der Waals surface area contributed by atoms with Gasteiger partial charge < -0.3 is 14.8 Å². The van der Waals surface area contributed by atoms with Crippen molar-refractivity contribution >= 4 is 20.2 Å². The predicted molar refractivity (Wildman–Crippen MR) is 82.1 cm³/mol. The summed E-state index contributed by atoms with van der Waals surface area (Å²) >= 11 is 0. The normalized spacial score (nSPS) is 15.8. The Bertz CT molecular complexity index is 361. The summed E-state index contributed by atoms with van der Waals surface area (Å²) in [6.45, 7) is 15.6. The highest BCUT2D eigenvalue weighted by Crippen LogP contribution is 2.37. The van der Waals surface area contributed by atoms with Crippen LogP contribution in [0.2, 0.25) is 18.1 Å². The van der Waals surface area contributed by atoms with Gasteiger partial charge in [-0.1, -0.05) is 34.6 Å². The minimum Gasteiger partial charge on any atom is -0.480 e. The van der Waals surface area contributed by atoms with E-state index in [4.69, 9.17) is 4.43 Å². The molecule has 0 aromatic carbocycles. The van der Waals surface area contributed by atoms with Gasteiger partial charge in [0.05, 0.1) is 6.10 Å². The van der Waals surface area contributed by atoms with Crippen LogP contribution in [0.4, 0.5) is 0 Å². The SMILES string of the molecule is CC(C)C(=O)NC(C(=O)O)C(C)O[Si](C)(C)C(C)(C)C. The van der Waals surface area contributed by atoms with Crippen molar-refractivity contribution in [2.45, 2.75) is 71.8 Å². The second-order valence-electron chi connectivity index (χ2n) is 7.06. The smallest absolute Gasteiger partial charge is 0.328 e. The average Bonchev–Trinajstić information content (AvgIpc) is 2.22. The Balaban J connectivity index is 4.96. The summed E-state index contributed by atoms with van der Waals surface area (Å²) in [5.41, 5.74) is 0. The molecule has 0 aliphatic heterocycles. The molecule has 0 aliphatic carbocycles. The van der Waals surface area contributed by atoms with E-state index in [0.717, 1.165) is 0 Å². The van der Waals surface area contributed by atoms with Crippen molar-refractivity contribution < 1.29 is 19.1 Å². The molecule has 6 heteroatoms. The molecular formula is C14H29NO4Si. The summed E-state index contributed by atoms with van der Waals surface area (Å²) < 4.78 is 6.05. The highest BCUT2D eigenvalue weighted by atomic mass is 28.4. The minimum absolute atomic E-state index is 0.00757. The van der Waals surface area contributed by atoms with Crippen LogP contribution in [0.3, 0.4) is 0 Å². The Morgan fingerprint density at radius 3 is 1.90 bits per heavy atom. The molecule has 0 spiro atoms. The fourth-order valence-electron chi connectivity index (χ4n) is 1.41. The lowest BCUT2D eigenvalue weighted by molar-refractivity contribution is -0.145. The van der Waals surface area contributed by atoms with E-state index in [1.165, 1.54) is 0 Å². The maximum atomic E-state index is 11.7. The summed E-state index contributed by atoms with van der Waals surface area (Å²) in [6.07, 6.45) is -0.559. The molecule has 118 valence electrons. The standard InChI is InChI=1S/C14H29NO4Si/c1-9(2)12(16)15-11(13(17)18)10(3)19-20(7,8)14(4,5)6/h9-11H,1-8H3,(H,15,16)(H,17,18). The van der Waals surface area contributed by atoms with Crippen LogP contribution in [0, 0.1) is 5.92 Å². The number of rotatable bonds is 6. The van der Waals surface area contributed by atoms with Crippen molar-refractivity contribution in [3.63, 3.8) is 0 Å². The van der Waals surface area contributed by atoms with Crippen molar-refractivity contribution in [2.75, 3.05) is 0 Å². The molecule has 5 nitrogen and oxygen atoms in total. The maximum absolute atomic E-state index is 11.7. The largest absolute Gasteiger partial charge is 0.480 e. The monoisotopic (exact) mass is 303 g/mol. The van der Waals surface area contributed by atoms with Crippen LogP contribution in [0.15, 0.2) is 0 Å². The summed E-state index contributed by atoms with van der Waals surface area (Å²) in [6, 6.07) is -1.01. The first-order chi connectivity index (χ1) is 8.79. The number of nitrogens with one attached hydrogen (secondary N) is 1. The van der Waals surface area contributed by atoms with Gasteiger partial charge in [0.15, 0.2) is 14.4 Å². The fraction of sp³-hybridized carbons (Fsp3) is 0.857. The van der Waals surface area contributed by atoms with E-state index >= 15 is 0 Å². The number of carbonyl (C=O) groups excluding carboxylic acids is 1. The molecule has 0 radical (unpaired) electrons. The molecule has 0 aromatic heterocycles. The predicted octanol–water partition coefficient (Wildman–Crippen LogP) is 2.62. The van der Waals surface area contributed by atoms with E-state index in [0.29, 0.717) is 0 Å². The second-order valence-corrected chi connectivity index (χ2v) is 11.8. The minimum atomic E-state index is -2.07. The summed E-state index contributed by atoms with van der Waals surface area (Å²) in [5, 5.41) is 11.8. The molecule has 2 unspecified atom stereocenters. The van der Waals surface area contributed by atoms with Crippen LogP contribution in [-0.2, 0) is 14.0 Å². The topological polar surface area (TPSA) is 75.6 Å². The molecule has 2 atom stereocenters. The molecule has 0 bridgehead atoms. The molecule has 0 saturated heterocycles. The first-order valence-corrected chi connectivity index (χ1v) is 9.91. The number of hydrogen-bond acceptors (Lipinski definition) is 3. The van der Waals surface area contributed by atoms with Gasteiger partial charge in [-0.2, -0.15) is 0 Å². The van der Waals surface area contributed by atoms with Crippen LogP contribution in [0.5, 0.6) is 0 Å². The highest BCUT2D eigenvalue weighted by Gasteiger charge is 2.41. The van der Waals surface area contributed by atoms with Crippen molar-refractivity contribution in [1.82, 2.24) is 5.32 Å². The molecule has 0 aliphatic rings. The first kappa shape index (κ1) is 19.1. The van der Waals surface area contributed by atoms with Gasteiger partial charge in [-0.15, -0.1) is 0 Å². The molecular weight excluding hydrogens is 274 g/mol. The average molecular weight is 303 g/mol. The quantitative estimate of drug-likeness (QED) is 0.740. The number of hydrogen-bond donors (Lipinski definition) is 2. The van der Waals surface area contributed by atoms with Gasteiger partial charge in [0, 0.05) is 5.92 Å². The van der Waals surface area contributed by atoms with Crippen LogP contribution in [0.1, 0.15) is 41.5 Å². The number of aliphatic carboxylic acids is 1. The van der Waals surface area contributed by atoms with Crippen molar-refractivity contribution in [1.29, 1.82) is 0 Å². The first-order valence-electron chi connectivity index (χ1n) is 7.00. The zero-order valence-electron chi connectivity index (χ0n) is 13.9. The van der Waals surface area contributed by atoms with Crippen molar-refractivity contribution in [2.24, 2.45) is 5.92 Å². The van der Waals surface area contributed by atoms with E-state index in [1.807, 2.05) is 0 Å². The van der Waals surface area contributed by atoms with E-state index in [1.54, 1.807) is 20.8 Å². The van der Waals surface area contributed by atoms with Gasteiger partial charge in [-0.3, -0.25) is 4.79 Å². The van der Waals surface area contributed by atoms with Gasteiger partial charge in [0.1, 0.15) is 0 Å². The Morgan fingerprint density at radius 2 is 1.60 bits per heavy atom. The summed E-state index contributed by atoms with van der Waals surface area (Å²) in [5.74, 6) is -1.59. The van der Waals surface area contributed by atoms with Gasteiger partial charge in [-0.05, 0) is 25.1 Å². The molecule has 1 amide bonds. The maximum Gasteiger partial charge on any atom is 0.328 e. The van der Waals surface area contributed by atoms with Crippen molar-refractivity contribution in [3.8, 4) is 0 Å². The van der Waals surface area contributed by atoms with Gasteiger partial charge in [0.2, 0.25) is 5.91 Å². The van der Waals surface area contributed by atoms with E-state index in [-0.39, 0.29) is 16.9 Å². The van der Waals surface area contributed by atoms with Gasteiger partial charge in [0.25, 0.3) is 0 Å². The van der Waals surface area contributed by atoms with Crippen LogP contribution >= 0.6 is 0 Å². The van der Waals surface area contributed by atoms with Crippen LogP contribution < -0.4 is 5.32 Å². The second kappa shape index (κ2) is 6.71. The zero-order chi connectivity index (χ0) is 16.3. The molecule has 20 heavy (non-hydrogen) atoms. The summed E-state index contributed by atoms with van der Waals surface area (Å²) in [4.78, 5) is 23.1. The molecule has 0 aromatic rings. The fourth-order valence-corrected chi connectivity index (χ4v) is 2.83. The molecule has 0 saturated carbocycles. The van der Waals surface area contributed by atoms with Crippen LogP contribution in [-0.4, -0.2) is 37.4 Å². The lowest BCUT2D eigenvalue weighted by Gasteiger charge is -2.39. The van der Waals surface area contributed by atoms with Gasteiger partial charge in [-0.25, -0.2) is 4.79 Å². The Morgan fingerprint density at radius 1 is 1.15 bits per heavy atom. The number of carboxylic acids is 1. The Labute approximate surface area is 123 Å². The molecule has 0 heterocycles. The van der Waals surface area contributed by atoms with Gasteiger partial charge >= 0.3 is 5.97 Å². The van der Waals surface area contributed by atoms with Crippen LogP contribution in [0.25, 0.3) is 0 Å². The Kier molecular flexibility index (Phi) is 6.42. The third kappa shape index (κ3) is 5.24. The summed E-state index contributed by atoms with van der Waals surface area (Å²) in [7, 11) is -2.07. The Hall–Kier alpha value is -0.883. The zero-order valence-corrected chi connectivity index (χ0v) is 14.9. The molecule has 0 rings (SSSR count). The molecule has 0 fully saturated rings.